The van der Waals surface area contributed by atoms with Gasteiger partial charge in [0.05, 0.1) is 0 Å². The normalized spacial score (nSPS) is 22.7. The standard InChI is InChI=1S/C13H29N3/c1-11(2)10-13(15(4)5)12(3)16-8-6-14-7-9-16/h11-14H,6-10H2,1-5H3. The molecule has 3 nitrogen and oxygen atoms in total. The maximum atomic E-state index is 3.42. The number of hydrogen-bond acceptors (Lipinski definition) is 3. The van der Waals surface area contributed by atoms with E-state index in [0.717, 1.165) is 19.0 Å². The smallest absolute Gasteiger partial charge is 0.0245 e. The summed E-state index contributed by atoms with van der Waals surface area (Å²) in [7, 11) is 4.43. The summed E-state index contributed by atoms with van der Waals surface area (Å²) in [5, 5.41) is 3.42. The number of hydrogen-bond donors (Lipinski definition) is 1. The zero-order valence-electron chi connectivity index (χ0n) is 11.7. The summed E-state index contributed by atoms with van der Waals surface area (Å²) < 4.78 is 0. The van der Waals surface area contributed by atoms with Crippen LogP contribution in [0.25, 0.3) is 0 Å². The van der Waals surface area contributed by atoms with Gasteiger partial charge in [0.25, 0.3) is 0 Å². The summed E-state index contributed by atoms with van der Waals surface area (Å²) in [6.45, 7) is 11.7. The first kappa shape index (κ1) is 13.9. The van der Waals surface area contributed by atoms with Crippen LogP contribution in [0.1, 0.15) is 27.2 Å². The molecular weight excluding hydrogens is 198 g/mol. The van der Waals surface area contributed by atoms with E-state index in [4.69, 9.17) is 0 Å². The predicted molar refractivity (Wildman–Crippen MR) is 70.8 cm³/mol. The number of likely N-dealkylation sites (N-methyl/N-ethyl adjacent to an activating group) is 1. The van der Waals surface area contributed by atoms with Crippen LogP contribution in [0.5, 0.6) is 0 Å². The Balaban J connectivity index is 2.54. The van der Waals surface area contributed by atoms with Gasteiger partial charge in [0.15, 0.2) is 0 Å². The van der Waals surface area contributed by atoms with E-state index in [1.54, 1.807) is 0 Å². The fourth-order valence-electron chi connectivity index (χ4n) is 2.65. The summed E-state index contributed by atoms with van der Waals surface area (Å²) in [6, 6.07) is 1.34. The highest BCUT2D eigenvalue weighted by molar-refractivity contribution is 4.84. The minimum absolute atomic E-state index is 0.666. The third-order valence-corrected chi connectivity index (χ3v) is 3.66. The molecule has 0 bridgehead atoms. The Bertz CT molecular complexity index is 186. The molecule has 0 aliphatic carbocycles. The lowest BCUT2D eigenvalue weighted by Crippen LogP contribution is -2.54. The molecule has 1 N–H and O–H groups in total. The Labute approximate surface area is 101 Å². The van der Waals surface area contributed by atoms with Gasteiger partial charge in [0.2, 0.25) is 0 Å². The Hall–Kier alpha value is -0.120. The van der Waals surface area contributed by atoms with Gasteiger partial charge >= 0.3 is 0 Å². The second kappa shape index (κ2) is 6.58. The van der Waals surface area contributed by atoms with Crippen molar-refractivity contribution in [1.82, 2.24) is 15.1 Å². The van der Waals surface area contributed by atoms with Gasteiger partial charge in [-0.05, 0) is 33.4 Å². The predicted octanol–water partition coefficient (Wildman–Crippen LogP) is 1.26. The lowest BCUT2D eigenvalue weighted by molar-refractivity contribution is 0.0940. The van der Waals surface area contributed by atoms with Gasteiger partial charge in [-0.2, -0.15) is 0 Å². The molecule has 2 unspecified atom stereocenters. The van der Waals surface area contributed by atoms with Crippen molar-refractivity contribution in [2.45, 2.75) is 39.3 Å². The summed E-state index contributed by atoms with van der Waals surface area (Å²) in [5.41, 5.74) is 0. The number of rotatable bonds is 5. The van der Waals surface area contributed by atoms with Gasteiger partial charge in [-0.3, -0.25) is 4.90 Å². The molecule has 1 aliphatic rings. The maximum absolute atomic E-state index is 3.42. The van der Waals surface area contributed by atoms with Crippen LogP contribution in [0, 0.1) is 5.92 Å². The molecule has 0 saturated carbocycles. The molecule has 0 aromatic carbocycles. The van der Waals surface area contributed by atoms with Crippen LogP contribution in [0.2, 0.25) is 0 Å². The van der Waals surface area contributed by atoms with Crippen molar-refractivity contribution in [3.8, 4) is 0 Å². The first-order valence-electron chi connectivity index (χ1n) is 6.63. The van der Waals surface area contributed by atoms with Crippen LogP contribution in [0.4, 0.5) is 0 Å². The quantitative estimate of drug-likeness (QED) is 0.763. The molecule has 1 rings (SSSR count). The Kier molecular flexibility index (Phi) is 5.73. The minimum atomic E-state index is 0.666. The molecule has 0 amide bonds. The molecule has 0 aromatic heterocycles. The summed E-state index contributed by atoms with van der Waals surface area (Å²) in [4.78, 5) is 5.02. The third kappa shape index (κ3) is 4.04. The fourth-order valence-corrected chi connectivity index (χ4v) is 2.65. The van der Waals surface area contributed by atoms with Gasteiger partial charge in [-0.25, -0.2) is 0 Å². The summed E-state index contributed by atoms with van der Waals surface area (Å²) >= 11 is 0. The molecule has 0 spiro atoms. The van der Waals surface area contributed by atoms with E-state index in [1.165, 1.54) is 19.5 Å². The molecular formula is C13H29N3. The highest BCUT2D eigenvalue weighted by Crippen LogP contribution is 2.17. The molecule has 1 fully saturated rings. The maximum Gasteiger partial charge on any atom is 0.0245 e. The van der Waals surface area contributed by atoms with E-state index < -0.39 is 0 Å². The van der Waals surface area contributed by atoms with Crippen LogP contribution in [-0.2, 0) is 0 Å². The number of piperazine rings is 1. The topological polar surface area (TPSA) is 18.5 Å². The van der Waals surface area contributed by atoms with Gasteiger partial charge in [-0.15, -0.1) is 0 Å². The zero-order chi connectivity index (χ0) is 12.1. The van der Waals surface area contributed by atoms with Crippen LogP contribution < -0.4 is 5.32 Å². The van der Waals surface area contributed by atoms with E-state index in [-0.39, 0.29) is 0 Å². The van der Waals surface area contributed by atoms with Crippen LogP contribution >= 0.6 is 0 Å². The van der Waals surface area contributed by atoms with Crippen LogP contribution in [0.15, 0.2) is 0 Å². The van der Waals surface area contributed by atoms with Crippen LogP contribution in [0.3, 0.4) is 0 Å². The van der Waals surface area contributed by atoms with E-state index in [9.17, 15) is 0 Å². The fraction of sp³-hybridized carbons (Fsp3) is 1.00. The minimum Gasteiger partial charge on any atom is -0.314 e. The van der Waals surface area contributed by atoms with E-state index in [0.29, 0.717) is 12.1 Å². The molecule has 1 saturated heterocycles. The highest BCUT2D eigenvalue weighted by Gasteiger charge is 2.26. The Morgan fingerprint density at radius 3 is 2.12 bits per heavy atom. The molecule has 1 aliphatic heterocycles. The lowest BCUT2D eigenvalue weighted by Gasteiger charge is -2.40. The van der Waals surface area contributed by atoms with Crippen molar-refractivity contribution in [2.24, 2.45) is 5.92 Å². The van der Waals surface area contributed by atoms with Gasteiger partial charge in [0.1, 0.15) is 0 Å². The average molecular weight is 227 g/mol. The SMILES string of the molecule is CC(C)CC(C(C)N1CCNCC1)N(C)C. The van der Waals surface area contributed by atoms with E-state index >= 15 is 0 Å². The average Bonchev–Trinajstić information content (AvgIpc) is 2.25. The molecule has 2 atom stereocenters. The molecule has 3 heteroatoms. The molecule has 0 aromatic rings. The Morgan fingerprint density at radius 2 is 1.69 bits per heavy atom. The Morgan fingerprint density at radius 1 is 1.12 bits per heavy atom. The molecule has 96 valence electrons. The monoisotopic (exact) mass is 227 g/mol. The second-order valence-corrected chi connectivity index (χ2v) is 5.69. The first-order valence-corrected chi connectivity index (χ1v) is 6.63. The second-order valence-electron chi connectivity index (χ2n) is 5.69. The van der Waals surface area contributed by atoms with Crippen molar-refractivity contribution in [2.75, 3.05) is 40.3 Å². The van der Waals surface area contributed by atoms with Crippen molar-refractivity contribution in [3.05, 3.63) is 0 Å². The molecule has 16 heavy (non-hydrogen) atoms. The van der Waals surface area contributed by atoms with Crippen molar-refractivity contribution in [1.29, 1.82) is 0 Å². The molecule has 1 heterocycles. The van der Waals surface area contributed by atoms with Gasteiger partial charge < -0.3 is 10.2 Å². The van der Waals surface area contributed by atoms with Crippen molar-refractivity contribution >= 4 is 0 Å². The third-order valence-electron chi connectivity index (χ3n) is 3.66. The molecule has 0 radical (unpaired) electrons. The van der Waals surface area contributed by atoms with E-state index in [1.807, 2.05) is 0 Å². The largest absolute Gasteiger partial charge is 0.314 e. The number of nitrogens with one attached hydrogen (secondary N) is 1. The number of nitrogens with zero attached hydrogens (tertiary/aromatic N) is 2. The summed E-state index contributed by atoms with van der Waals surface area (Å²) in [5.74, 6) is 0.776. The van der Waals surface area contributed by atoms with Crippen molar-refractivity contribution in [3.63, 3.8) is 0 Å². The van der Waals surface area contributed by atoms with Gasteiger partial charge in [0, 0.05) is 38.3 Å². The zero-order valence-corrected chi connectivity index (χ0v) is 11.7. The van der Waals surface area contributed by atoms with Crippen molar-refractivity contribution < 1.29 is 0 Å². The lowest BCUT2D eigenvalue weighted by atomic mass is 9.96. The van der Waals surface area contributed by atoms with Crippen LogP contribution in [-0.4, -0.2) is 62.2 Å². The highest BCUT2D eigenvalue weighted by atomic mass is 15.2. The van der Waals surface area contributed by atoms with Gasteiger partial charge in [-0.1, -0.05) is 13.8 Å². The first-order chi connectivity index (χ1) is 7.52. The summed E-state index contributed by atoms with van der Waals surface area (Å²) in [6.07, 6.45) is 1.29. The van der Waals surface area contributed by atoms with E-state index in [2.05, 4.69) is 50.0 Å².